The highest BCUT2D eigenvalue weighted by Crippen LogP contribution is 2.36. The maximum absolute atomic E-state index is 6.05. The van der Waals surface area contributed by atoms with Crippen LogP contribution in [-0.4, -0.2) is 13.7 Å². The van der Waals surface area contributed by atoms with Crippen LogP contribution in [0.1, 0.15) is 25.5 Å². The predicted molar refractivity (Wildman–Crippen MR) is 89.3 cm³/mol. The molecule has 1 N–H and O–H groups in total. The van der Waals surface area contributed by atoms with Crippen molar-refractivity contribution in [2.45, 2.75) is 19.9 Å². The van der Waals surface area contributed by atoms with Gasteiger partial charge < -0.3 is 14.8 Å². The second kappa shape index (κ2) is 7.48. The van der Waals surface area contributed by atoms with E-state index in [4.69, 9.17) is 9.47 Å². The molecule has 1 unspecified atom stereocenters. The summed E-state index contributed by atoms with van der Waals surface area (Å²) in [6, 6.07) is 13.8. The molecular formula is C17H20BrNO2. The fourth-order valence-electron chi connectivity index (χ4n) is 2.28. The predicted octanol–water partition coefficient (Wildman–Crippen LogP) is 4.92. The number of benzene rings is 2. The van der Waals surface area contributed by atoms with E-state index in [1.807, 2.05) is 42.5 Å². The Morgan fingerprint density at radius 3 is 2.52 bits per heavy atom. The molecule has 0 saturated heterocycles. The van der Waals surface area contributed by atoms with Crippen molar-refractivity contribution in [3.05, 3.63) is 52.5 Å². The van der Waals surface area contributed by atoms with Gasteiger partial charge >= 0.3 is 0 Å². The molecule has 0 fully saturated rings. The standard InChI is InChI=1S/C17H20BrNO2/c1-4-19-12(2)17-15(20-3)9-6-10-16(17)21-14-8-5-7-13(18)11-14/h5-12,19H,4H2,1-3H3. The van der Waals surface area contributed by atoms with Gasteiger partial charge in [0.2, 0.25) is 0 Å². The Morgan fingerprint density at radius 2 is 1.86 bits per heavy atom. The molecule has 0 amide bonds. The third kappa shape index (κ3) is 3.99. The zero-order chi connectivity index (χ0) is 15.2. The number of rotatable bonds is 6. The zero-order valence-corrected chi connectivity index (χ0v) is 14.1. The van der Waals surface area contributed by atoms with E-state index in [1.165, 1.54) is 0 Å². The van der Waals surface area contributed by atoms with E-state index < -0.39 is 0 Å². The Hall–Kier alpha value is -1.52. The van der Waals surface area contributed by atoms with E-state index in [0.717, 1.165) is 33.8 Å². The summed E-state index contributed by atoms with van der Waals surface area (Å²) in [6.45, 7) is 5.07. The maximum atomic E-state index is 6.05. The first-order chi connectivity index (χ1) is 10.2. The average molecular weight is 350 g/mol. The van der Waals surface area contributed by atoms with Crippen molar-refractivity contribution in [1.29, 1.82) is 0 Å². The highest BCUT2D eigenvalue weighted by atomic mass is 79.9. The SMILES string of the molecule is CCNC(C)c1c(OC)cccc1Oc1cccc(Br)c1. The van der Waals surface area contributed by atoms with Gasteiger partial charge in [-0.1, -0.05) is 35.0 Å². The summed E-state index contributed by atoms with van der Waals surface area (Å²) in [4.78, 5) is 0. The third-order valence-electron chi connectivity index (χ3n) is 3.21. The molecule has 21 heavy (non-hydrogen) atoms. The molecule has 112 valence electrons. The molecule has 0 heterocycles. The summed E-state index contributed by atoms with van der Waals surface area (Å²) in [5, 5.41) is 3.40. The van der Waals surface area contributed by atoms with Gasteiger partial charge in [0.1, 0.15) is 17.2 Å². The van der Waals surface area contributed by atoms with E-state index in [-0.39, 0.29) is 6.04 Å². The van der Waals surface area contributed by atoms with E-state index in [2.05, 4.69) is 35.1 Å². The van der Waals surface area contributed by atoms with Crippen LogP contribution >= 0.6 is 15.9 Å². The van der Waals surface area contributed by atoms with Crippen molar-refractivity contribution in [3.8, 4) is 17.2 Å². The summed E-state index contributed by atoms with van der Waals surface area (Å²) in [5.74, 6) is 2.43. The highest BCUT2D eigenvalue weighted by molar-refractivity contribution is 9.10. The van der Waals surface area contributed by atoms with Gasteiger partial charge in [-0.15, -0.1) is 0 Å². The number of methoxy groups -OCH3 is 1. The van der Waals surface area contributed by atoms with Gasteiger partial charge in [-0.3, -0.25) is 0 Å². The molecule has 4 heteroatoms. The van der Waals surface area contributed by atoms with Gasteiger partial charge in [0.15, 0.2) is 0 Å². The van der Waals surface area contributed by atoms with Gasteiger partial charge in [0.05, 0.1) is 12.7 Å². The van der Waals surface area contributed by atoms with Gasteiger partial charge in [-0.2, -0.15) is 0 Å². The molecule has 2 aromatic carbocycles. The van der Waals surface area contributed by atoms with Gasteiger partial charge in [-0.05, 0) is 43.8 Å². The van der Waals surface area contributed by atoms with Crippen LogP contribution in [0, 0.1) is 0 Å². The van der Waals surface area contributed by atoms with Crippen LogP contribution in [0.4, 0.5) is 0 Å². The van der Waals surface area contributed by atoms with E-state index >= 15 is 0 Å². The van der Waals surface area contributed by atoms with E-state index in [1.54, 1.807) is 7.11 Å². The van der Waals surface area contributed by atoms with Crippen molar-refractivity contribution in [2.24, 2.45) is 0 Å². The quantitative estimate of drug-likeness (QED) is 0.802. The summed E-state index contributed by atoms with van der Waals surface area (Å²) in [7, 11) is 1.68. The number of hydrogen-bond acceptors (Lipinski definition) is 3. The summed E-state index contributed by atoms with van der Waals surface area (Å²) >= 11 is 3.46. The van der Waals surface area contributed by atoms with Crippen LogP contribution in [-0.2, 0) is 0 Å². The lowest BCUT2D eigenvalue weighted by molar-refractivity contribution is 0.391. The minimum absolute atomic E-state index is 0.147. The average Bonchev–Trinajstić information content (AvgIpc) is 2.47. The minimum atomic E-state index is 0.147. The molecule has 2 rings (SSSR count). The molecule has 1 atom stereocenters. The Bertz CT molecular complexity index is 601. The van der Waals surface area contributed by atoms with Crippen molar-refractivity contribution in [3.63, 3.8) is 0 Å². The Balaban J connectivity index is 2.38. The van der Waals surface area contributed by atoms with Crippen LogP contribution < -0.4 is 14.8 Å². The molecule has 0 aromatic heterocycles. The highest BCUT2D eigenvalue weighted by Gasteiger charge is 2.17. The first-order valence-electron chi connectivity index (χ1n) is 6.99. The molecule has 0 spiro atoms. The normalized spacial score (nSPS) is 12.0. The summed E-state index contributed by atoms with van der Waals surface area (Å²) in [5.41, 5.74) is 1.03. The maximum Gasteiger partial charge on any atom is 0.135 e. The lowest BCUT2D eigenvalue weighted by Gasteiger charge is -2.20. The second-order valence-corrected chi connectivity index (χ2v) is 5.63. The topological polar surface area (TPSA) is 30.5 Å². The number of nitrogens with one attached hydrogen (secondary N) is 1. The van der Waals surface area contributed by atoms with Gasteiger partial charge in [-0.25, -0.2) is 0 Å². The Kier molecular flexibility index (Phi) is 5.65. The number of halogens is 1. The minimum Gasteiger partial charge on any atom is -0.496 e. The summed E-state index contributed by atoms with van der Waals surface area (Å²) in [6.07, 6.45) is 0. The fourth-order valence-corrected chi connectivity index (χ4v) is 2.66. The first kappa shape index (κ1) is 15.9. The first-order valence-corrected chi connectivity index (χ1v) is 7.78. The molecular weight excluding hydrogens is 330 g/mol. The van der Waals surface area contributed by atoms with Crippen LogP contribution in [0.2, 0.25) is 0 Å². The van der Waals surface area contributed by atoms with E-state index in [0.29, 0.717) is 0 Å². The van der Waals surface area contributed by atoms with Crippen molar-refractivity contribution >= 4 is 15.9 Å². The second-order valence-electron chi connectivity index (χ2n) is 4.71. The van der Waals surface area contributed by atoms with Crippen LogP contribution in [0.15, 0.2) is 46.9 Å². The smallest absolute Gasteiger partial charge is 0.135 e. The number of ether oxygens (including phenoxy) is 2. The molecule has 0 saturated carbocycles. The molecule has 0 aliphatic heterocycles. The molecule has 3 nitrogen and oxygen atoms in total. The zero-order valence-electron chi connectivity index (χ0n) is 12.5. The lowest BCUT2D eigenvalue weighted by Crippen LogP contribution is -2.19. The van der Waals surface area contributed by atoms with Crippen LogP contribution in [0.25, 0.3) is 0 Å². The van der Waals surface area contributed by atoms with E-state index in [9.17, 15) is 0 Å². The molecule has 0 radical (unpaired) electrons. The monoisotopic (exact) mass is 349 g/mol. The molecule has 0 aliphatic carbocycles. The lowest BCUT2D eigenvalue weighted by atomic mass is 10.1. The van der Waals surface area contributed by atoms with Crippen molar-refractivity contribution < 1.29 is 9.47 Å². The Labute approximate surface area is 134 Å². The van der Waals surface area contributed by atoms with Gasteiger partial charge in [0, 0.05) is 10.5 Å². The third-order valence-corrected chi connectivity index (χ3v) is 3.71. The number of hydrogen-bond donors (Lipinski definition) is 1. The van der Waals surface area contributed by atoms with Crippen LogP contribution in [0.3, 0.4) is 0 Å². The molecule has 0 aliphatic rings. The Morgan fingerprint density at radius 1 is 1.14 bits per heavy atom. The van der Waals surface area contributed by atoms with Gasteiger partial charge in [0.25, 0.3) is 0 Å². The van der Waals surface area contributed by atoms with Crippen molar-refractivity contribution in [1.82, 2.24) is 5.32 Å². The fraction of sp³-hybridized carbons (Fsp3) is 0.294. The van der Waals surface area contributed by atoms with Crippen LogP contribution in [0.5, 0.6) is 17.2 Å². The summed E-state index contributed by atoms with van der Waals surface area (Å²) < 4.78 is 12.5. The van der Waals surface area contributed by atoms with Crippen molar-refractivity contribution in [2.75, 3.05) is 13.7 Å². The molecule has 2 aromatic rings. The largest absolute Gasteiger partial charge is 0.496 e. The molecule has 0 bridgehead atoms.